The smallest absolute Gasteiger partial charge is 0.326 e. The highest BCUT2D eigenvalue weighted by Gasteiger charge is 2.19. The fourth-order valence-corrected chi connectivity index (χ4v) is 2.94. The molecule has 2 amide bonds. The van der Waals surface area contributed by atoms with Gasteiger partial charge >= 0.3 is 5.97 Å². The van der Waals surface area contributed by atoms with Gasteiger partial charge in [-0.15, -0.1) is 0 Å². The Morgan fingerprint density at radius 1 is 0.871 bits per heavy atom. The molecule has 7 heteroatoms. The fraction of sp³-hybridized carbons (Fsp3) is 0.167. The molecule has 0 unspecified atom stereocenters. The highest BCUT2D eigenvalue weighted by Crippen LogP contribution is 2.15. The van der Waals surface area contributed by atoms with Crippen LogP contribution in [0.5, 0.6) is 0 Å². The lowest BCUT2D eigenvalue weighted by Crippen LogP contribution is -2.35. The molecule has 0 heterocycles. The number of ketones is 1. The summed E-state index contributed by atoms with van der Waals surface area (Å²) < 4.78 is 5.09. The predicted molar refractivity (Wildman–Crippen MR) is 117 cm³/mol. The number of carbonyl (C=O) groups excluding carboxylic acids is 4. The normalized spacial score (nSPS) is 11.4. The molecule has 0 saturated carbocycles. The molecule has 7 nitrogen and oxygen atoms in total. The van der Waals surface area contributed by atoms with Crippen LogP contribution in [0.15, 0.2) is 66.7 Å². The lowest BCUT2D eigenvalue weighted by atomic mass is 10.1. The molecule has 0 aliphatic carbocycles. The summed E-state index contributed by atoms with van der Waals surface area (Å²) in [4.78, 5) is 48.0. The van der Waals surface area contributed by atoms with Crippen molar-refractivity contribution in [3.63, 3.8) is 0 Å². The first-order valence-electron chi connectivity index (χ1n) is 9.72. The molecule has 3 aromatic rings. The van der Waals surface area contributed by atoms with Gasteiger partial charge in [0.15, 0.2) is 11.9 Å². The van der Waals surface area contributed by atoms with E-state index in [0.717, 1.165) is 10.8 Å². The predicted octanol–water partition coefficient (Wildman–Crippen LogP) is 3.34. The first-order valence-corrected chi connectivity index (χ1v) is 9.72. The maximum atomic E-state index is 12.3. The molecule has 0 aliphatic heterocycles. The van der Waals surface area contributed by atoms with Crippen LogP contribution < -0.4 is 10.6 Å². The van der Waals surface area contributed by atoms with E-state index in [1.165, 1.54) is 13.8 Å². The van der Waals surface area contributed by atoms with Crippen LogP contribution in [-0.4, -0.2) is 36.2 Å². The molecule has 1 atom stereocenters. The molecule has 0 saturated heterocycles. The van der Waals surface area contributed by atoms with Crippen LogP contribution >= 0.6 is 0 Å². The SMILES string of the molecule is CC(=O)c1cccc(NC(=O)[C@@H](C)OC(=O)CNC(=O)c2ccc3ccccc3c2)c1. The molecular formula is C24H22N2O5. The van der Waals surface area contributed by atoms with Crippen LogP contribution in [0, 0.1) is 0 Å². The second-order valence-electron chi connectivity index (χ2n) is 7.00. The van der Waals surface area contributed by atoms with Gasteiger partial charge in [-0.25, -0.2) is 0 Å². The zero-order valence-corrected chi connectivity index (χ0v) is 17.2. The Labute approximate surface area is 179 Å². The van der Waals surface area contributed by atoms with Crippen LogP contribution in [0.4, 0.5) is 5.69 Å². The summed E-state index contributed by atoms with van der Waals surface area (Å²) >= 11 is 0. The third kappa shape index (κ3) is 5.76. The number of amides is 2. The van der Waals surface area contributed by atoms with Crippen molar-refractivity contribution in [1.82, 2.24) is 5.32 Å². The van der Waals surface area contributed by atoms with Crippen molar-refractivity contribution < 1.29 is 23.9 Å². The Bertz CT molecular complexity index is 1160. The number of ether oxygens (including phenoxy) is 1. The fourth-order valence-electron chi connectivity index (χ4n) is 2.94. The molecule has 0 aromatic heterocycles. The second kappa shape index (κ2) is 9.67. The van der Waals surface area contributed by atoms with Gasteiger partial charge in [0.2, 0.25) is 0 Å². The highest BCUT2D eigenvalue weighted by atomic mass is 16.5. The van der Waals surface area contributed by atoms with Crippen LogP contribution in [0.3, 0.4) is 0 Å². The molecule has 0 aliphatic rings. The number of benzene rings is 3. The van der Waals surface area contributed by atoms with Crippen molar-refractivity contribution in [3.05, 3.63) is 77.9 Å². The van der Waals surface area contributed by atoms with E-state index >= 15 is 0 Å². The van der Waals surface area contributed by atoms with Gasteiger partial charge in [-0.2, -0.15) is 0 Å². The summed E-state index contributed by atoms with van der Waals surface area (Å²) in [6.45, 7) is 2.48. The van der Waals surface area contributed by atoms with Gasteiger partial charge in [0.25, 0.3) is 11.8 Å². The molecule has 0 radical (unpaired) electrons. The average molecular weight is 418 g/mol. The number of carbonyl (C=O) groups is 4. The van der Waals surface area contributed by atoms with E-state index in [-0.39, 0.29) is 12.3 Å². The summed E-state index contributed by atoms with van der Waals surface area (Å²) in [5, 5.41) is 7.01. The largest absolute Gasteiger partial charge is 0.451 e. The van der Waals surface area contributed by atoms with Gasteiger partial charge in [-0.1, -0.05) is 42.5 Å². The van der Waals surface area contributed by atoms with E-state index in [2.05, 4.69) is 10.6 Å². The van der Waals surface area contributed by atoms with Crippen LogP contribution in [0.1, 0.15) is 34.6 Å². The Kier molecular flexibility index (Phi) is 6.77. The zero-order valence-electron chi connectivity index (χ0n) is 17.2. The number of hydrogen-bond donors (Lipinski definition) is 2. The van der Waals surface area contributed by atoms with Gasteiger partial charge in [-0.05, 0) is 48.9 Å². The number of esters is 1. The molecule has 3 rings (SSSR count). The summed E-state index contributed by atoms with van der Waals surface area (Å²) in [6, 6.07) is 19.3. The van der Waals surface area contributed by atoms with E-state index < -0.39 is 23.9 Å². The van der Waals surface area contributed by atoms with Crippen molar-refractivity contribution in [2.45, 2.75) is 20.0 Å². The topological polar surface area (TPSA) is 102 Å². The monoisotopic (exact) mass is 418 g/mol. The van der Waals surface area contributed by atoms with Crippen molar-refractivity contribution >= 4 is 40.0 Å². The van der Waals surface area contributed by atoms with Crippen molar-refractivity contribution in [1.29, 1.82) is 0 Å². The Hall–Kier alpha value is -4.00. The van der Waals surface area contributed by atoms with Crippen molar-refractivity contribution in [3.8, 4) is 0 Å². The Morgan fingerprint density at radius 2 is 1.61 bits per heavy atom. The maximum absolute atomic E-state index is 12.3. The number of rotatable bonds is 7. The molecule has 3 aromatic carbocycles. The summed E-state index contributed by atoms with van der Waals surface area (Å²) in [7, 11) is 0. The molecule has 31 heavy (non-hydrogen) atoms. The van der Waals surface area contributed by atoms with Gasteiger partial charge in [-0.3, -0.25) is 19.2 Å². The molecule has 2 N–H and O–H groups in total. The maximum Gasteiger partial charge on any atom is 0.326 e. The number of fused-ring (bicyclic) bond motifs is 1. The van der Waals surface area contributed by atoms with E-state index in [0.29, 0.717) is 16.8 Å². The minimum atomic E-state index is -1.08. The Morgan fingerprint density at radius 3 is 2.35 bits per heavy atom. The minimum absolute atomic E-state index is 0.127. The van der Waals surface area contributed by atoms with Gasteiger partial charge < -0.3 is 15.4 Å². The summed E-state index contributed by atoms with van der Waals surface area (Å²) in [6.07, 6.45) is -1.08. The van der Waals surface area contributed by atoms with Gasteiger partial charge in [0.05, 0.1) is 0 Å². The van der Waals surface area contributed by atoms with E-state index in [9.17, 15) is 19.2 Å². The third-order valence-electron chi connectivity index (χ3n) is 4.62. The molecule has 0 spiro atoms. The average Bonchev–Trinajstić information content (AvgIpc) is 2.77. The Balaban J connectivity index is 1.51. The zero-order chi connectivity index (χ0) is 22.4. The highest BCUT2D eigenvalue weighted by molar-refractivity contribution is 6.00. The van der Waals surface area contributed by atoms with Crippen molar-refractivity contribution in [2.75, 3.05) is 11.9 Å². The second-order valence-corrected chi connectivity index (χ2v) is 7.00. The van der Waals surface area contributed by atoms with Crippen LogP contribution in [-0.2, 0) is 14.3 Å². The van der Waals surface area contributed by atoms with E-state index in [1.54, 1.807) is 36.4 Å². The minimum Gasteiger partial charge on any atom is -0.451 e. The number of nitrogens with one attached hydrogen (secondary N) is 2. The molecule has 0 bridgehead atoms. The quantitative estimate of drug-likeness (QED) is 0.453. The summed E-state index contributed by atoms with van der Waals surface area (Å²) in [5.41, 5.74) is 1.30. The van der Waals surface area contributed by atoms with Crippen LogP contribution in [0.25, 0.3) is 10.8 Å². The first kappa shape index (κ1) is 21.7. The molecule has 158 valence electrons. The number of Topliss-reactive ketones (excluding diaryl/α,β-unsaturated/α-hetero) is 1. The first-order chi connectivity index (χ1) is 14.8. The van der Waals surface area contributed by atoms with Gasteiger partial charge in [0, 0.05) is 16.8 Å². The lowest BCUT2D eigenvalue weighted by Gasteiger charge is -2.14. The van der Waals surface area contributed by atoms with E-state index in [1.807, 2.05) is 30.3 Å². The standard InChI is InChI=1S/C24H22N2O5/c1-15(27)18-8-5-9-21(13-18)26-23(29)16(2)31-22(28)14-25-24(30)20-11-10-17-6-3-4-7-19(17)12-20/h3-13,16H,14H2,1-2H3,(H,25,30)(H,26,29)/t16-/m1/s1. The molecular weight excluding hydrogens is 396 g/mol. The van der Waals surface area contributed by atoms with Crippen LogP contribution in [0.2, 0.25) is 0 Å². The summed E-state index contributed by atoms with van der Waals surface area (Å²) in [5.74, 6) is -1.83. The molecule has 0 fully saturated rings. The number of anilines is 1. The van der Waals surface area contributed by atoms with Gasteiger partial charge in [0.1, 0.15) is 6.54 Å². The van der Waals surface area contributed by atoms with E-state index in [4.69, 9.17) is 4.74 Å². The third-order valence-corrected chi connectivity index (χ3v) is 4.62. The van der Waals surface area contributed by atoms with Crippen molar-refractivity contribution in [2.24, 2.45) is 0 Å². The number of hydrogen-bond acceptors (Lipinski definition) is 5. The lowest BCUT2D eigenvalue weighted by molar-refractivity contribution is -0.152.